The van der Waals surface area contributed by atoms with Crippen molar-refractivity contribution in [1.82, 2.24) is 0 Å². The number of aliphatic carboxylic acids is 1. The Balaban J connectivity index is 2.04. The molecule has 0 unspecified atom stereocenters. The summed E-state index contributed by atoms with van der Waals surface area (Å²) in [7, 11) is 0. The molecule has 1 aliphatic heterocycles. The lowest BCUT2D eigenvalue weighted by atomic mass is 9.70. The fourth-order valence-electron chi connectivity index (χ4n) is 2.61. The minimum atomic E-state index is -0.669. The molecule has 15 heavy (non-hydrogen) atoms. The molecule has 0 radical (unpaired) electrons. The second kappa shape index (κ2) is 3.76. The first-order valence-electron chi connectivity index (χ1n) is 5.64. The summed E-state index contributed by atoms with van der Waals surface area (Å²) < 4.78 is 11.2. The lowest BCUT2D eigenvalue weighted by Gasteiger charge is -2.40. The highest BCUT2D eigenvalue weighted by Crippen LogP contribution is 2.46. The minimum Gasteiger partial charge on any atom is -0.481 e. The molecule has 0 aromatic heterocycles. The zero-order chi connectivity index (χ0) is 10.9. The predicted molar refractivity (Wildman–Crippen MR) is 53.5 cm³/mol. The molecule has 4 heteroatoms. The average Bonchev–Trinajstić information content (AvgIpc) is 2.68. The SMILES string of the molecule is CCC1(C(=O)O)CCC2(CC1)OCCO2. The third-order valence-corrected chi connectivity index (χ3v) is 3.91. The van der Waals surface area contributed by atoms with Crippen molar-refractivity contribution in [3.8, 4) is 0 Å². The Hall–Kier alpha value is -0.610. The smallest absolute Gasteiger partial charge is 0.309 e. The van der Waals surface area contributed by atoms with Crippen molar-refractivity contribution in [3.05, 3.63) is 0 Å². The molecule has 2 rings (SSSR count). The van der Waals surface area contributed by atoms with Gasteiger partial charge in [0.25, 0.3) is 0 Å². The van der Waals surface area contributed by atoms with Gasteiger partial charge in [0, 0.05) is 12.8 Å². The molecule has 0 aromatic carbocycles. The van der Waals surface area contributed by atoms with Crippen molar-refractivity contribution < 1.29 is 19.4 Å². The molecule has 86 valence electrons. The number of ether oxygens (including phenoxy) is 2. The summed E-state index contributed by atoms with van der Waals surface area (Å²) in [6, 6.07) is 0. The normalized spacial score (nSPS) is 28.1. The monoisotopic (exact) mass is 214 g/mol. The maximum absolute atomic E-state index is 11.2. The van der Waals surface area contributed by atoms with Crippen LogP contribution in [0.1, 0.15) is 39.0 Å². The predicted octanol–water partition coefficient (Wildman–Crippen LogP) is 1.78. The molecule has 2 aliphatic rings. The number of carboxylic acids is 1. The molecule has 0 aromatic rings. The van der Waals surface area contributed by atoms with Gasteiger partial charge in [-0.15, -0.1) is 0 Å². The zero-order valence-electron chi connectivity index (χ0n) is 9.12. The number of hydrogen-bond acceptors (Lipinski definition) is 3. The second-order valence-electron chi connectivity index (χ2n) is 4.55. The quantitative estimate of drug-likeness (QED) is 0.761. The molecule has 4 nitrogen and oxygen atoms in total. The Morgan fingerprint density at radius 2 is 1.73 bits per heavy atom. The molecule has 0 atom stereocenters. The van der Waals surface area contributed by atoms with Gasteiger partial charge in [-0.3, -0.25) is 4.79 Å². The van der Waals surface area contributed by atoms with Crippen LogP contribution in [-0.2, 0) is 14.3 Å². The summed E-state index contributed by atoms with van der Waals surface area (Å²) in [4.78, 5) is 11.2. The molecule has 1 N–H and O–H groups in total. The van der Waals surface area contributed by atoms with Crippen LogP contribution in [-0.4, -0.2) is 30.1 Å². The highest BCUT2D eigenvalue weighted by atomic mass is 16.7. The third kappa shape index (κ3) is 1.76. The highest BCUT2D eigenvalue weighted by Gasteiger charge is 2.48. The van der Waals surface area contributed by atoms with Gasteiger partial charge >= 0.3 is 5.97 Å². The third-order valence-electron chi connectivity index (χ3n) is 3.91. The molecule has 1 aliphatic carbocycles. The van der Waals surface area contributed by atoms with Gasteiger partial charge in [-0.05, 0) is 19.3 Å². The zero-order valence-corrected chi connectivity index (χ0v) is 9.12. The molecule has 1 heterocycles. The van der Waals surface area contributed by atoms with E-state index in [0.717, 1.165) is 0 Å². The number of carboxylic acid groups (broad SMARTS) is 1. The lowest BCUT2D eigenvalue weighted by molar-refractivity contribution is -0.197. The van der Waals surface area contributed by atoms with E-state index in [9.17, 15) is 9.90 Å². The Kier molecular flexibility index (Phi) is 2.73. The molecule has 0 amide bonds. The van der Waals surface area contributed by atoms with Crippen molar-refractivity contribution in [2.24, 2.45) is 5.41 Å². The summed E-state index contributed by atoms with van der Waals surface area (Å²) in [5.41, 5.74) is -0.541. The first-order chi connectivity index (χ1) is 7.13. The molecule has 2 fully saturated rings. The first kappa shape index (κ1) is 10.9. The summed E-state index contributed by atoms with van der Waals surface area (Å²) in [6.45, 7) is 3.24. The number of hydrogen-bond donors (Lipinski definition) is 1. The van der Waals surface area contributed by atoms with E-state index < -0.39 is 17.2 Å². The van der Waals surface area contributed by atoms with E-state index in [4.69, 9.17) is 9.47 Å². The molecule has 1 saturated carbocycles. The Morgan fingerprint density at radius 3 is 2.13 bits per heavy atom. The van der Waals surface area contributed by atoms with Gasteiger partial charge in [-0.25, -0.2) is 0 Å². The number of carbonyl (C=O) groups is 1. The topological polar surface area (TPSA) is 55.8 Å². The van der Waals surface area contributed by atoms with Crippen LogP contribution in [0.25, 0.3) is 0 Å². The van der Waals surface area contributed by atoms with E-state index in [1.165, 1.54) is 0 Å². The van der Waals surface area contributed by atoms with Crippen LogP contribution in [0.15, 0.2) is 0 Å². The van der Waals surface area contributed by atoms with Crippen molar-refractivity contribution in [3.63, 3.8) is 0 Å². The number of rotatable bonds is 2. The fraction of sp³-hybridized carbons (Fsp3) is 0.909. The van der Waals surface area contributed by atoms with Crippen molar-refractivity contribution in [2.75, 3.05) is 13.2 Å². The average molecular weight is 214 g/mol. The van der Waals surface area contributed by atoms with E-state index >= 15 is 0 Å². The van der Waals surface area contributed by atoms with Crippen LogP contribution in [0.4, 0.5) is 0 Å². The molecule has 0 bridgehead atoms. The van der Waals surface area contributed by atoms with Gasteiger partial charge in [0.1, 0.15) is 0 Å². The van der Waals surface area contributed by atoms with Gasteiger partial charge in [0.05, 0.1) is 18.6 Å². The van der Waals surface area contributed by atoms with E-state index in [0.29, 0.717) is 45.3 Å². The van der Waals surface area contributed by atoms with Gasteiger partial charge in [0.15, 0.2) is 5.79 Å². The summed E-state index contributed by atoms with van der Waals surface area (Å²) in [6.07, 6.45) is 3.45. The van der Waals surface area contributed by atoms with Gasteiger partial charge in [0.2, 0.25) is 0 Å². The van der Waals surface area contributed by atoms with Crippen LogP contribution >= 0.6 is 0 Å². The van der Waals surface area contributed by atoms with Gasteiger partial charge in [-0.1, -0.05) is 6.92 Å². The van der Waals surface area contributed by atoms with Gasteiger partial charge in [-0.2, -0.15) is 0 Å². The summed E-state index contributed by atoms with van der Waals surface area (Å²) in [5, 5.41) is 9.24. The van der Waals surface area contributed by atoms with Crippen molar-refractivity contribution >= 4 is 5.97 Å². The van der Waals surface area contributed by atoms with Crippen molar-refractivity contribution in [1.29, 1.82) is 0 Å². The standard InChI is InChI=1S/C11H18O4/c1-2-10(9(12)13)3-5-11(6-4-10)14-7-8-15-11/h2-8H2,1H3,(H,12,13). The fourth-order valence-corrected chi connectivity index (χ4v) is 2.61. The van der Waals surface area contributed by atoms with Crippen molar-refractivity contribution in [2.45, 2.75) is 44.8 Å². The Morgan fingerprint density at radius 1 is 1.20 bits per heavy atom. The van der Waals surface area contributed by atoms with Crippen LogP contribution in [0.2, 0.25) is 0 Å². The van der Waals surface area contributed by atoms with Gasteiger partial charge < -0.3 is 14.6 Å². The molecule has 1 spiro atoms. The summed E-state index contributed by atoms with van der Waals surface area (Å²) >= 11 is 0. The van der Waals surface area contributed by atoms with E-state index in [2.05, 4.69) is 0 Å². The molecule has 1 saturated heterocycles. The second-order valence-corrected chi connectivity index (χ2v) is 4.55. The molecular formula is C11H18O4. The van der Waals surface area contributed by atoms with E-state index in [-0.39, 0.29) is 0 Å². The van der Waals surface area contributed by atoms with Crippen LogP contribution < -0.4 is 0 Å². The maximum Gasteiger partial charge on any atom is 0.309 e. The Labute approximate surface area is 89.6 Å². The maximum atomic E-state index is 11.2. The Bertz CT molecular complexity index is 245. The van der Waals surface area contributed by atoms with E-state index in [1.54, 1.807) is 0 Å². The molecular weight excluding hydrogens is 196 g/mol. The van der Waals surface area contributed by atoms with E-state index in [1.807, 2.05) is 6.92 Å². The highest BCUT2D eigenvalue weighted by molar-refractivity contribution is 5.74. The van der Waals surface area contributed by atoms with Crippen LogP contribution in [0, 0.1) is 5.41 Å². The minimum absolute atomic E-state index is 0.450. The largest absolute Gasteiger partial charge is 0.481 e. The first-order valence-corrected chi connectivity index (χ1v) is 5.64. The van der Waals surface area contributed by atoms with Crippen LogP contribution in [0.5, 0.6) is 0 Å². The lowest BCUT2D eigenvalue weighted by Crippen LogP contribution is -2.43. The summed E-state index contributed by atoms with van der Waals surface area (Å²) in [5.74, 6) is -1.12. The van der Waals surface area contributed by atoms with Crippen LogP contribution in [0.3, 0.4) is 0 Å².